The van der Waals surface area contributed by atoms with Gasteiger partial charge in [-0.05, 0) is 0 Å². The molecule has 0 aromatic heterocycles. The van der Waals surface area contributed by atoms with Crippen molar-refractivity contribution in [3.05, 3.63) is 36.4 Å². The van der Waals surface area contributed by atoms with Gasteiger partial charge in [-0.25, -0.2) is 0 Å². The molecule has 0 heterocycles. The van der Waals surface area contributed by atoms with E-state index in [0.29, 0.717) is 10.8 Å². The van der Waals surface area contributed by atoms with Crippen LogP contribution >= 0.6 is 0 Å². The predicted octanol–water partition coefficient (Wildman–Crippen LogP) is 2.60. The van der Waals surface area contributed by atoms with Crippen molar-refractivity contribution in [3.63, 3.8) is 0 Å². The lowest BCUT2D eigenvalue weighted by atomic mass is 10.0. The summed E-state index contributed by atoms with van der Waals surface area (Å²) in [5.74, 6) is -0.657. The Hall–Kier alpha value is -2.16. The van der Waals surface area contributed by atoms with Crippen LogP contribution < -0.4 is 0 Å². The standard InChI is InChI=1S/C12H10O3/c1-2-7-10(13)8-5-3-4-6-9(8)12(15)11(7)14/h2-6,13-15H,1H2. The van der Waals surface area contributed by atoms with Gasteiger partial charge in [0.05, 0.1) is 5.56 Å². The highest BCUT2D eigenvalue weighted by Crippen LogP contribution is 2.44. The summed E-state index contributed by atoms with van der Waals surface area (Å²) in [5.41, 5.74) is 0.145. The Morgan fingerprint density at radius 1 is 0.867 bits per heavy atom. The molecule has 0 aliphatic heterocycles. The molecule has 76 valence electrons. The van der Waals surface area contributed by atoms with Crippen LogP contribution in [0.1, 0.15) is 5.56 Å². The Labute approximate surface area is 86.5 Å². The molecule has 0 saturated carbocycles. The van der Waals surface area contributed by atoms with Crippen LogP contribution in [0, 0.1) is 0 Å². The molecule has 2 rings (SSSR count). The highest BCUT2D eigenvalue weighted by Gasteiger charge is 2.15. The summed E-state index contributed by atoms with van der Waals surface area (Å²) >= 11 is 0. The summed E-state index contributed by atoms with van der Waals surface area (Å²) in [4.78, 5) is 0. The number of phenols is 3. The molecule has 0 spiro atoms. The summed E-state index contributed by atoms with van der Waals surface area (Å²) in [5, 5.41) is 30.0. The van der Waals surface area contributed by atoms with Crippen molar-refractivity contribution in [2.24, 2.45) is 0 Å². The number of hydrogen-bond donors (Lipinski definition) is 3. The first-order valence-electron chi connectivity index (χ1n) is 4.45. The van der Waals surface area contributed by atoms with Gasteiger partial charge in [0, 0.05) is 10.8 Å². The fourth-order valence-electron chi connectivity index (χ4n) is 1.60. The number of fused-ring (bicyclic) bond motifs is 1. The minimum absolute atomic E-state index is 0.0732. The first-order valence-corrected chi connectivity index (χ1v) is 4.45. The average Bonchev–Trinajstić information content (AvgIpc) is 2.27. The fraction of sp³-hybridized carbons (Fsp3) is 0. The lowest BCUT2D eigenvalue weighted by Crippen LogP contribution is -1.82. The first kappa shape index (κ1) is 9.40. The largest absolute Gasteiger partial charge is 0.507 e. The molecule has 0 aliphatic carbocycles. The first-order chi connectivity index (χ1) is 7.16. The molecule has 2 aromatic rings. The van der Waals surface area contributed by atoms with Gasteiger partial charge in [0.15, 0.2) is 11.5 Å². The quantitative estimate of drug-likeness (QED) is 0.492. The van der Waals surface area contributed by atoms with E-state index in [0.717, 1.165) is 0 Å². The molecule has 0 amide bonds. The Kier molecular flexibility index (Phi) is 2.01. The van der Waals surface area contributed by atoms with E-state index in [-0.39, 0.29) is 22.8 Å². The summed E-state index contributed by atoms with van der Waals surface area (Å²) in [6.45, 7) is 3.47. The second-order valence-corrected chi connectivity index (χ2v) is 3.21. The summed E-state index contributed by atoms with van der Waals surface area (Å²) in [6, 6.07) is 6.74. The van der Waals surface area contributed by atoms with Crippen molar-refractivity contribution >= 4 is 16.8 Å². The van der Waals surface area contributed by atoms with Crippen LogP contribution in [0.4, 0.5) is 0 Å². The second kappa shape index (κ2) is 3.20. The molecule has 15 heavy (non-hydrogen) atoms. The SMILES string of the molecule is C=Cc1c(O)c(O)c2ccccc2c1O. The third kappa shape index (κ3) is 1.21. The Balaban J connectivity index is 3.02. The molecule has 0 aliphatic rings. The zero-order valence-corrected chi connectivity index (χ0v) is 7.94. The molecule has 0 unspecified atom stereocenters. The van der Waals surface area contributed by atoms with Crippen molar-refractivity contribution in [3.8, 4) is 17.2 Å². The zero-order valence-electron chi connectivity index (χ0n) is 7.94. The van der Waals surface area contributed by atoms with E-state index in [1.54, 1.807) is 24.3 Å². The maximum Gasteiger partial charge on any atom is 0.169 e. The van der Waals surface area contributed by atoms with Crippen LogP contribution in [0.3, 0.4) is 0 Å². The molecule has 0 atom stereocenters. The fourth-order valence-corrected chi connectivity index (χ4v) is 1.60. The van der Waals surface area contributed by atoms with E-state index in [1.165, 1.54) is 6.08 Å². The van der Waals surface area contributed by atoms with Gasteiger partial charge < -0.3 is 15.3 Å². The van der Waals surface area contributed by atoms with Crippen LogP contribution in [0.2, 0.25) is 0 Å². The highest BCUT2D eigenvalue weighted by atomic mass is 16.3. The van der Waals surface area contributed by atoms with E-state index < -0.39 is 0 Å². The van der Waals surface area contributed by atoms with Gasteiger partial charge in [0.2, 0.25) is 0 Å². The smallest absolute Gasteiger partial charge is 0.169 e. The molecule has 0 saturated heterocycles. The van der Waals surface area contributed by atoms with Crippen LogP contribution in [0.15, 0.2) is 30.8 Å². The lowest BCUT2D eigenvalue weighted by Gasteiger charge is -2.09. The van der Waals surface area contributed by atoms with Crippen molar-refractivity contribution in [2.75, 3.05) is 0 Å². The van der Waals surface area contributed by atoms with Crippen LogP contribution in [0.5, 0.6) is 17.2 Å². The number of phenolic OH excluding ortho intramolecular Hbond substituents is 3. The predicted molar refractivity (Wildman–Crippen MR) is 59.0 cm³/mol. The molecular formula is C12H10O3. The van der Waals surface area contributed by atoms with Crippen molar-refractivity contribution in [2.45, 2.75) is 0 Å². The van der Waals surface area contributed by atoms with E-state index in [4.69, 9.17) is 0 Å². The minimum atomic E-state index is -0.346. The maximum atomic E-state index is 9.81. The van der Waals surface area contributed by atoms with E-state index in [2.05, 4.69) is 6.58 Å². The summed E-state index contributed by atoms with van der Waals surface area (Å²) < 4.78 is 0. The number of rotatable bonds is 1. The van der Waals surface area contributed by atoms with Gasteiger partial charge in [0.25, 0.3) is 0 Å². The van der Waals surface area contributed by atoms with Crippen molar-refractivity contribution in [1.29, 1.82) is 0 Å². The van der Waals surface area contributed by atoms with Crippen molar-refractivity contribution < 1.29 is 15.3 Å². The van der Waals surface area contributed by atoms with Gasteiger partial charge in [-0.1, -0.05) is 36.9 Å². The summed E-state index contributed by atoms with van der Waals surface area (Å²) in [7, 11) is 0. The van der Waals surface area contributed by atoms with Gasteiger partial charge in [0.1, 0.15) is 5.75 Å². The summed E-state index contributed by atoms with van der Waals surface area (Å²) in [6.07, 6.45) is 1.30. The normalized spacial score (nSPS) is 10.4. The minimum Gasteiger partial charge on any atom is -0.507 e. The van der Waals surface area contributed by atoms with Gasteiger partial charge in [-0.15, -0.1) is 0 Å². The van der Waals surface area contributed by atoms with Gasteiger partial charge in [-0.3, -0.25) is 0 Å². The molecule has 3 heteroatoms. The third-order valence-electron chi connectivity index (χ3n) is 2.38. The lowest BCUT2D eigenvalue weighted by molar-refractivity contribution is 0.401. The molecule has 0 fully saturated rings. The Morgan fingerprint density at radius 2 is 1.40 bits per heavy atom. The van der Waals surface area contributed by atoms with Crippen LogP contribution in [-0.2, 0) is 0 Å². The van der Waals surface area contributed by atoms with Gasteiger partial charge >= 0.3 is 0 Å². The van der Waals surface area contributed by atoms with E-state index in [9.17, 15) is 15.3 Å². The maximum absolute atomic E-state index is 9.81. The monoisotopic (exact) mass is 202 g/mol. The van der Waals surface area contributed by atoms with Crippen molar-refractivity contribution in [1.82, 2.24) is 0 Å². The zero-order chi connectivity index (χ0) is 11.0. The third-order valence-corrected chi connectivity index (χ3v) is 2.38. The molecule has 2 aromatic carbocycles. The molecule has 3 nitrogen and oxygen atoms in total. The Morgan fingerprint density at radius 3 is 1.93 bits per heavy atom. The molecular weight excluding hydrogens is 192 g/mol. The number of hydrogen-bond acceptors (Lipinski definition) is 3. The number of benzene rings is 2. The van der Waals surface area contributed by atoms with E-state index in [1.807, 2.05) is 0 Å². The molecule has 0 radical (unpaired) electrons. The topological polar surface area (TPSA) is 60.7 Å². The highest BCUT2D eigenvalue weighted by molar-refractivity contribution is 5.98. The molecule has 3 N–H and O–H groups in total. The second-order valence-electron chi connectivity index (χ2n) is 3.21. The van der Waals surface area contributed by atoms with E-state index >= 15 is 0 Å². The van der Waals surface area contributed by atoms with Crippen LogP contribution in [0.25, 0.3) is 16.8 Å². The van der Waals surface area contributed by atoms with Gasteiger partial charge in [-0.2, -0.15) is 0 Å². The van der Waals surface area contributed by atoms with Crippen LogP contribution in [-0.4, -0.2) is 15.3 Å². The Bertz CT molecular complexity index is 544. The average molecular weight is 202 g/mol. The molecule has 0 bridgehead atoms. The number of aromatic hydroxyl groups is 3.